The number of hydrogen-bond acceptors (Lipinski definition) is 3. The summed E-state index contributed by atoms with van der Waals surface area (Å²) in [6, 6.07) is 16.8. The summed E-state index contributed by atoms with van der Waals surface area (Å²) in [7, 11) is 1.60. The van der Waals surface area contributed by atoms with Gasteiger partial charge < -0.3 is 19.9 Å². The smallest absolute Gasteiger partial charge is 0.321 e. The lowest BCUT2D eigenvalue weighted by Gasteiger charge is -2.34. The van der Waals surface area contributed by atoms with Crippen molar-refractivity contribution in [2.45, 2.75) is 6.42 Å². The average Bonchev–Trinajstić information content (AvgIpc) is 2.69. The number of methoxy groups -OCH3 is 1. The zero-order valence-electron chi connectivity index (χ0n) is 14.9. The van der Waals surface area contributed by atoms with Crippen LogP contribution >= 0.6 is 0 Å². The maximum absolute atomic E-state index is 12.6. The third-order valence-corrected chi connectivity index (χ3v) is 4.48. The van der Waals surface area contributed by atoms with Gasteiger partial charge in [0.05, 0.1) is 13.5 Å². The fraction of sp³-hybridized carbons (Fsp3) is 0.300. The lowest BCUT2D eigenvalue weighted by atomic mass is 10.1. The molecule has 0 aliphatic carbocycles. The van der Waals surface area contributed by atoms with Gasteiger partial charge in [0, 0.05) is 37.4 Å². The van der Waals surface area contributed by atoms with E-state index in [1.54, 1.807) is 16.9 Å². The molecule has 2 aromatic carbocycles. The first kappa shape index (κ1) is 17.8. The van der Waals surface area contributed by atoms with Crippen LogP contribution in [0.15, 0.2) is 54.6 Å². The third kappa shape index (κ3) is 4.33. The van der Waals surface area contributed by atoms with Crippen LogP contribution in [-0.2, 0) is 11.2 Å². The maximum atomic E-state index is 12.6. The van der Waals surface area contributed by atoms with Gasteiger partial charge in [-0.25, -0.2) is 4.79 Å². The van der Waals surface area contributed by atoms with Crippen LogP contribution in [0.2, 0.25) is 0 Å². The van der Waals surface area contributed by atoms with Crippen LogP contribution in [-0.4, -0.2) is 55.0 Å². The van der Waals surface area contributed by atoms with Gasteiger partial charge >= 0.3 is 6.03 Å². The molecule has 1 aliphatic heterocycles. The summed E-state index contributed by atoms with van der Waals surface area (Å²) in [6.07, 6.45) is 0.306. The predicted molar refractivity (Wildman–Crippen MR) is 100 cm³/mol. The predicted octanol–water partition coefficient (Wildman–Crippen LogP) is 2.61. The molecule has 0 spiro atoms. The van der Waals surface area contributed by atoms with E-state index >= 15 is 0 Å². The fourth-order valence-electron chi connectivity index (χ4n) is 3.01. The number of anilines is 1. The number of carbonyl (C=O) groups excluding carboxylic acids is 2. The van der Waals surface area contributed by atoms with Crippen LogP contribution in [0.5, 0.6) is 5.75 Å². The Morgan fingerprint density at radius 3 is 2.23 bits per heavy atom. The molecule has 0 unspecified atom stereocenters. The molecule has 0 bridgehead atoms. The first-order chi connectivity index (χ1) is 12.7. The van der Waals surface area contributed by atoms with Gasteiger partial charge in [0.2, 0.25) is 5.91 Å². The highest BCUT2D eigenvalue weighted by Gasteiger charge is 2.24. The first-order valence-corrected chi connectivity index (χ1v) is 8.68. The molecule has 3 rings (SSSR count). The molecule has 1 N–H and O–H groups in total. The highest BCUT2D eigenvalue weighted by Crippen LogP contribution is 2.19. The summed E-state index contributed by atoms with van der Waals surface area (Å²) in [4.78, 5) is 28.4. The molecule has 3 amide bonds. The fourth-order valence-corrected chi connectivity index (χ4v) is 3.01. The van der Waals surface area contributed by atoms with Crippen molar-refractivity contribution < 1.29 is 14.3 Å². The largest absolute Gasteiger partial charge is 0.496 e. The summed E-state index contributed by atoms with van der Waals surface area (Å²) in [5, 5.41) is 2.88. The Morgan fingerprint density at radius 1 is 0.923 bits per heavy atom. The van der Waals surface area contributed by atoms with Crippen molar-refractivity contribution in [3.8, 4) is 5.75 Å². The van der Waals surface area contributed by atoms with E-state index < -0.39 is 0 Å². The average molecular weight is 353 g/mol. The number of hydrogen-bond donors (Lipinski definition) is 1. The third-order valence-electron chi connectivity index (χ3n) is 4.48. The number of ether oxygens (including phenoxy) is 1. The Balaban J connectivity index is 1.51. The van der Waals surface area contributed by atoms with Gasteiger partial charge in [0.25, 0.3) is 0 Å². The molecule has 0 aromatic heterocycles. The molecule has 1 saturated heterocycles. The normalized spacial score (nSPS) is 14.0. The van der Waals surface area contributed by atoms with Crippen molar-refractivity contribution in [1.82, 2.24) is 9.80 Å². The second kappa shape index (κ2) is 8.38. The lowest BCUT2D eigenvalue weighted by molar-refractivity contribution is -0.131. The van der Waals surface area contributed by atoms with Crippen molar-refractivity contribution in [1.29, 1.82) is 0 Å². The topological polar surface area (TPSA) is 61.9 Å². The number of nitrogens with one attached hydrogen (secondary N) is 1. The molecule has 136 valence electrons. The van der Waals surface area contributed by atoms with E-state index in [-0.39, 0.29) is 11.9 Å². The Bertz CT molecular complexity index is 756. The number of rotatable bonds is 4. The van der Waals surface area contributed by atoms with Gasteiger partial charge in [0.15, 0.2) is 0 Å². The highest BCUT2D eigenvalue weighted by molar-refractivity contribution is 5.89. The number of urea groups is 1. The monoisotopic (exact) mass is 353 g/mol. The zero-order chi connectivity index (χ0) is 18.4. The van der Waals surface area contributed by atoms with Gasteiger partial charge in [-0.15, -0.1) is 0 Å². The van der Waals surface area contributed by atoms with E-state index in [2.05, 4.69) is 5.32 Å². The first-order valence-electron chi connectivity index (χ1n) is 8.68. The van der Waals surface area contributed by atoms with Crippen LogP contribution in [0.25, 0.3) is 0 Å². The maximum Gasteiger partial charge on any atom is 0.321 e. The number of piperazine rings is 1. The van der Waals surface area contributed by atoms with Crippen molar-refractivity contribution in [3.05, 3.63) is 60.2 Å². The van der Waals surface area contributed by atoms with Gasteiger partial charge in [-0.05, 0) is 18.2 Å². The number of carbonyl (C=O) groups is 2. The lowest BCUT2D eigenvalue weighted by Crippen LogP contribution is -2.52. The van der Waals surface area contributed by atoms with Crippen LogP contribution in [0.1, 0.15) is 5.56 Å². The Labute approximate surface area is 153 Å². The van der Waals surface area contributed by atoms with E-state index in [9.17, 15) is 9.59 Å². The molecular formula is C20H23N3O3. The summed E-state index contributed by atoms with van der Waals surface area (Å²) in [6.45, 7) is 2.12. The minimum Gasteiger partial charge on any atom is -0.496 e. The molecule has 26 heavy (non-hydrogen) atoms. The second-order valence-corrected chi connectivity index (χ2v) is 6.15. The van der Waals surface area contributed by atoms with E-state index in [4.69, 9.17) is 4.74 Å². The van der Waals surface area contributed by atoms with Gasteiger partial charge in [-0.2, -0.15) is 0 Å². The number of para-hydroxylation sites is 2. The van der Waals surface area contributed by atoms with Crippen molar-refractivity contribution in [2.24, 2.45) is 0 Å². The van der Waals surface area contributed by atoms with E-state index in [1.807, 2.05) is 54.6 Å². The second-order valence-electron chi connectivity index (χ2n) is 6.15. The summed E-state index contributed by atoms with van der Waals surface area (Å²) in [5.41, 5.74) is 1.65. The van der Waals surface area contributed by atoms with Crippen molar-refractivity contribution >= 4 is 17.6 Å². The summed E-state index contributed by atoms with van der Waals surface area (Å²) in [5.74, 6) is 0.777. The summed E-state index contributed by atoms with van der Waals surface area (Å²) >= 11 is 0. The minimum absolute atomic E-state index is 0.0533. The number of nitrogens with zero attached hydrogens (tertiary/aromatic N) is 2. The molecule has 1 heterocycles. The van der Waals surface area contributed by atoms with Gasteiger partial charge in [-0.3, -0.25) is 4.79 Å². The van der Waals surface area contributed by atoms with E-state index in [0.29, 0.717) is 32.6 Å². The highest BCUT2D eigenvalue weighted by atomic mass is 16.5. The van der Waals surface area contributed by atoms with Gasteiger partial charge in [0.1, 0.15) is 5.75 Å². The summed E-state index contributed by atoms with van der Waals surface area (Å²) < 4.78 is 5.31. The molecule has 0 radical (unpaired) electrons. The molecule has 1 fully saturated rings. The molecule has 2 aromatic rings. The SMILES string of the molecule is COc1ccccc1CC(=O)N1CCN(C(=O)Nc2ccccc2)CC1. The standard InChI is InChI=1S/C20H23N3O3/c1-26-18-10-6-5-7-16(18)15-19(24)22-11-13-23(14-12-22)20(25)21-17-8-3-2-4-9-17/h2-10H,11-15H2,1H3,(H,21,25). The van der Waals surface area contributed by atoms with E-state index in [0.717, 1.165) is 17.0 Å². The van der Waals surface area contributed by atoms with Crippen LogP contribution < -0.4 is 10.1 Å². The molecular weight excluding hydrogens is 330 g/mol. The Hall–Kier alpha value is -3.02. The van der Waals surface area contributed by atoms with Crippen LogP contribution in [0.4, 0.5) is 10.5 Å². The quantitative estimate of drug-likeness (QED) is 0.919. The molecule has 6 nitrogen and oxygen atoms in total. The van der Waals surface area contributed by atoms with E-state index in [1.165, 1.54) is 0 Å². The molecule has 0 saturated carbocycles. The number of amides is 3. The van der Waals surface area contributed by atoms with Crippen LogP contribution in [0.3, 0.4) is 0 Å². The Morgan fingerprint density at radius 2 is 1.54 bits per heavy atom. The number of benzene rings is 2. The van der Waals surface area contributed by atoms with Crippen molar-refractivity contribution in [2.75, 3.05) is 38.6 Å². The van der Waals surface area contributed by atoms with Gasteiger partial charge in [-0.1, -0.05) is 36.4 Å². The Kier molecular flexibility index (Phi) is 5.73. The molecule has 1 aliphatic rings. The molecule has 6 heteroatoms. The zero-order valence-corrected chi connectivity index (χ0v) is 14.9. The van der Waals surface area contributed by atoms with Crippen LogP contribution in [0, 0.1) is 0 Å². The van der Waals surface area contributed by atoms with Crippen molar-refractivity contribution in [3.63, 3.8) is 0 Å². The molecule has 0 atom stereocenters. The minimum atomic E-state index is -0.131.